The van der Waals surface area contributed by atoms with E-state index in [1.54, 1.807) is 0 Å². The van der Waals surface area contributed by atoms with Crippen LogP contribution in [0.5, 0.6) is 11.5 Å². The highest BCUT2D eigenvalue weighted by Crippen LogP contribution is 2.62. The van der Waals surface area contributed by atoms with Crippen LogP contribution in [0.2, 0.25) is 0 Å². The lowest BCUT2D eigenvalue weighted by Gasteiger charge is -2.40. The highest BCUT2D eigenvalue weighted by Gasteiger charge is 2.51. The van der Waals surface area contributed by atoms with E-state index in [2.05, 4.69) is 153 Å². The molecule has 0 amide bonds. The fourth-order valence-corrected chi connectivity index (χ4v) is 8.59. The van der Waals surface area contributed by atoms with Crippen LogP contribution in [0.1, 0.15) is 46.4 Å². The van der Waals surface area contributed by atoms with E-state index < -0.39 is 5.41 Å². The molecule has 0 bridgehead atoms. The Hall–Kier alpha value is -6.06. The fraction of sp³-hybridized carbons (Fsp3) is 0.0870. The smallest absolute Gasteiger partial charge is 0.160 e. The summed E-state index contributed by atoms with van der Waals surface area (Å²) in [5.41, 5.74) is 12.6. The molecule has 3 nitrogen and oxygen atoms in total. The van der Waals surface area contributed by atoms with Gasteiger partial charge in [-0.25, -0.2) is 9.97 Å². The molecule has 1 aromatic heterocycles. The maximum Gasteiger partial charge on any atom is 0.160 e. The number of fused-ring (bicyclic) bond motifs is 10. The monoisotopic (exact) mass is 628 g/mol. The van der Waals surface area contributed by atoms with Crippen molar-refractivity contribution in [3.63, 3.8) is 0 Å². The summed E-state index contributed by atoms with van der Waals surface area (Å²) in [6, 6.07) is 51.8. The fourth-order valence-electron chi connectivity index (χ4n) is 8.59. The molecule has 0 saturated carbocycles. The Labute approximate surface area is 285 Å². The Kier molecular flexibility index (Phi) is 6.13. The second kappa shape index (κ2) is 10.7. The first-order valence-corrected chi connectivity index (χ1v) is 17.0. The van der Waals surface area contributed by atoms with Gasteiger partial charge in [-0.15, -0.1) is 0 Å². The molecule has 2 unspecified atom stereocenters. The predicted molar refractivity (Wildman–Crippen MR) is 198 cm³/mol. The standard InChI is InChI=1S/C46H32N2O/c1-29-32(19-13-20-33(29)44-36-18-7-11-24-41(36)47-45(48-44)30-14-3-2-4-15-30)31-26-27-43-40(28-31)46(39-23-10-12-25-42(39)49-43)37-21-8-5-16-34(37)35-17-6-9-22-38(35)46/h2-29,33H,1H3. The molecule has 3 aliphatic rings. The first-order valence-electron chi connectivity index (χ1n) is 17.0. The van der Waals surface area contributed by atoms with Crippen LogP contribution in [-0.2, 0) is 5.41 Å². The Morgan fingerprint density at radius 2 is 1.22 bits per heavy atom. The molecule has 2 aliphatic carbocycles. The molecule has 0 N–H and O–H groups in total. The van der Waals surface area contributed by atoms with Gasteiger partial charge in [0.15, 0.2) is 5.82 Å². The van der Waals surface area contributed by atoms with Gasteiger partial charge in [0.1, 0.15) is 11.5 Å². The van der Waals surface area contributed by atoms with Crippen LogP contribution in [0, 0.1) is 5.92 Å². The van der Waals surface area contributed by atoms with Crippen LogP contribution in [0.25, 0.3) is 39.0 Å². The Bertz CT molecular complexity index is 2460. The highest BCUT2D eigenvalue weighted by molar-refractivity contribution is 5.89. The van der Waals surface area contributed by atoms with E-state index in [9.17, 15) is 0 Å². The summed E-state index contributed by atoms with van der Waals surface area (Å²) in [7, 11) is 0. The molecule has 49 heavy (non-hydrogen) atoms. The topological polar surface area (TPSA) is 35.0 Å². The van der Waals surface area contributed by atoms with Crippen molar-refractivity contribution in [1.82, 2.24) is 9.97 Å². The van der Waals surface area contributed by atoms with E-state index >= 15 is 0 Å². The van der Waals surface area contributed by atoms with Crippen molar-refractivity contribution in [3.8, 4) is 34.0 Å². The lowest BCUT2D eigenvalue weighted by molar-refractivity contribution is 0.436. The van der Waals surface area contributed by atoms with Gasteiger partial charge < -0.3 is 4.74 Å². The summed E-state index contributed by atoms with van der Waals surface area (Å²) in [5.74, 6) is 2.81. The molecule has 232 valence electrons. The lowest BCUT2D eigenvalue weighted by atomic mass is 9.65. The number of hydrogen-bond acceptors (Lipinski definition) is 3. The van der Waals surface area contributed by atoms with Gasteiger partial charge >= 0.3 is 0 Å². The number of ether oxygens (including phenoxy) is 1. The summed E-state index contributed by atoms with van der Waals surface area (Å²) in [4.78, 5) is 10.3. The van der Waals surface area contributed by atoms with Gasteiger partial charge in [-0.2, -0.15) is 0 Å². The Morgan fingerprint density at radius 1 is 0.571 bits per heavy atom. The number of para-hydroxylation sites is 2. The minimum absolute atomic E-state index is 0.0743. The molecule has 6 aromatic carbocycles. The van der Waals surface area contributed by atoms with Crippen LogP contribution in [-0.4, -0.2) is 9.97 Å². The third-order valence-electron chi connectivity index (χ3n) is 10.8. The van der Waals surface area contributed by atoms with Crippen LogP contribution < -0.4 is 4.74 Å². The molecule has 1 aliphatic heterocycles. The van der Waals surface area contributed by atoms with Crippen LogP contribution >= 0.6 is 0 Å². The van der Waals surface area contributed by atoms with Crippen molar-refractivity contribution in [1.29, 1.82) is 0 Å². The predicted octanol–water partition coefficient (Wildman–Crippen LogP) is 11.1. The van der Waals surface area contributed by atoms with Crippen LogP contribution in [0.4, 0.5) is 0 Å². The molecule has 0 radical (unpaired) electrons. The molecule has 3 heteroatoms. The number of hydrogen-bond donors (Lipinski definition) is 0. The normalized spacial score (nSPS) is 17.9. The summed E-state index contributed by atoms with van der Waals surface area (Å²) >= 11 is 0. The number of rotatable bonds is 3. The van der Waals surface area contributed by atoms with E-state index in [-0.39, 0.29) is 11.8 Å². The van der Waals surface area contributed by atoms with Crippen LogP contribution in [0.15, 0.2) is 164 Å². The Balaban J connectivity index is 1.14. The van der Waals surface area contributed by atoms with Crippen molar-refractivity contribution >= 4 is 16.5 Å². The van der Waals surface area contributed by atoms with Crippen molar-refractivity contribution in [2.45, 2.75) is 18.3 Å². The van der Waals surface area contributed by atoms with E-state index in [1.807, 2.05) is 18.2 Å². The quantitative estimate of drug-likeness (QED) is 0.195. The second-order valence-corrected chi connectivity index (χ2v) is 13.3. The number of nitrogens with zero attached hydrogens (tertiary/aromatic N) is 2. The lowest BCUT2D eigenvalue weighted by Crippen LogP contribution is -2.32. The number of benzene rings is 6. The highest BCUT2D eigenvalue weighted by atomic mass is 16.5. The SMILES string of the molecule is CC1C(c2ccc3c(c2)C2(c4ccccc4O3)c3ccccc3-c3ccccc32)=CC=CC1c1nc(-c2ccccc2)nc2ccccc12. The minimum atomic E-state index is -0.492. The molecular weight excluding hydrogens is 597 g/mol. The summed E-state index contributed by atoms with van der Waals surface area (Å²) in [5, 5.41) is 1.10. The first-order chi connectivity index (χ1) is 24.2. The van der Waals surface area contributed by atoms with Gasteiger partial charge in [-0.3, -0.25) is 0 Å². The van der Waals surface area contributed by atoms with Crippen molar-refractivity contribution in [2.75, 3.05) is 0 Å². The van der Waals surface area contributed by atoms with Gasteiger partial charge in [0.25, 0.3) is 0 Å². The van der Waals surface area contributed by atoms with Crippen molar-refractivity contribution in [3.05, 3.63) is 197 Å². The third kappa shape index (κ3) is 4.02. The van der Waals surface area contributed by atoms with E-state index in [0.29, 0.717) is 0 Å². The van der Waals surface area contributed by atoms with E-state index in [1.165, 1.54) is 44.5 Å². The average Bonchev–Trinajstić information content (AvgIpc) is 3.46. The molecule has 1 spiro atoms. The number of allylic oxidation sites excluding steroid dienone is 4. The molecule has 10 rings (SSSR count). The second-order valence-electron chi connectivity index (χ2n) is 13.3. The average molecular weight is 629 g/mol. The maximum atomic E-state index is 6.71. The largest absolute Gasteiger partial charge is 0.457 e. The first kappa shape index (κ1) is 28.0. The molecular formula is C46H32N2O. The van der Waals surface area contributed by atoms with Crippen LogP contribution in [0.3, 0.4) is 0 Å². The third-order valence-corrected chi connectivity index (χ3v) is 10.8. The molecule has 0 saturated heterocycles. The summed E-state index contributed by atoms with van der Waals surface area (Å²) in [6.45, 7) is 2.33. The van der Waals surface area contributed by atoms with Gasteiger partial charge in [0, 0.05) is 28.0 Å². The summed E-state index contributed by atoms with van der Waals surface area (Å²) < 4.78 is 6.71. The Morgan fingerprint density at radius 3 is 2.02 bits per heavy atom. The van der Waals surface area contributed by atoms with Crippen molar-refractivity contribution in [2.24, 2.45) is 5.92 Å². The van der Waals surface area contributed by atoms with Gasteiger partial charge in [-0.1, -0.05) is 146 Å². The maximum absolute atomic E-state index is 6.71. The zero-order valence-corrected chi connectivity index (χ0v) is 27.0. The molecule has 2 heterocycles. The molecule has 2 atom stereocenters. The number of aromatic nitrogens is 2. The molecule has 7 aromatic rings. The zero-order chi connectivity index (χ0) is 32.5. The van der Waals surface area contributed by atoms with E-state index in [0.717, 1.165) is 39.5 Å². The van der Waals surface area contributed by atoms with Crippen molar-refractivity contribution < 1.29 is 4.74 Å². The van der Waals surface area contributed by atoms with Gasteiger partial charge in [0.2, 0.25) is 0 Å². The molecule has 0 fully saturated rings. The van der Waals surface area contributed by atoms with E-state index in [4.69, 9.17) is 14.7 Å². The minimum Gasteiger partial charge on any atom is -0.457 e. The summed E-state index contributed by atoms with van der Waals surface area (Å²) in [6.07, 6.45) is 6.80. The van der Waals surface area contributed by atoms with Gasteiger partial charge in [-0.05, 0) is 63.6 Å². The zero-order valence-electron chi connectivity index (χ0n) is 27.0. The van der Waals surface area contributed by atoms with Gasteiger partial charge in [0.05, 0.1) is 16.6 Å².